The molecule has 1 atom stereocenters. The van der Waals surface area contributed by atoms with E-state index in [-0.39, 0.29) is 24.7 Å². The minimum atomic E-state index is -0.524. The number of amides is 1. The summed E-state index contributed by atoms with van der Waals surface area (Å²) in [6.45, 7) is 4.55. The number of aryl methyl sites for hydroxylation is 1. The smallest absolute Gasteiger partial charge is 0.346 e. The zero-order valence-corrected chi connectivity index (χ0v) is 18.5. The lowest BCUT2D eigenvalue weighted by Gasteiger charge is -2.33. The normalized spacial score (nSPS) is 19.4. The first-order chi connectivity index (χ1) is 15.5. The van der Waals surface area contributed by atoms with Gasteiger partial charge >= 0.3 is 5.69 Å². The molecule has 174 valence electrons. The maximum atomic E-state index is 12.9. The molecule has 0 saturated carbocycles. The molecule has 1 unspecified atom stereocenters. The topological polar surface area (TPSA) is 116 Å². The fraction of sp³-hybridized carbons (Fsp3) is 0.545. The van der Waals surface area contributed by atoms with Gasteiger partial charge in [0.05, 0.1) is 26.2 Å². The van der Waals surface area contributed by atoms with Gasteiger partial charge in [0.2, 0.25) is 0 Å². The van der Waals surface area contributed by atoms with Crippen molar-refractivity contribution in [1.29, 1.82) is 0 Å². The van der Waals surface area contributed by atoms with Crippen LogP contribution in [0.25, 0.3) is 0 Å². The lowest BCUT2D eigenvalue weighted by atomic mass is 10.0. The van der Waals surface area contributed by atoms with Gasteiger partial charge in [0.25, 0.3) is 12.4 Å². The summed E-state index contributed by atoms with van der Waals surface area (Å²) in [7, 11) is 1.60. The molecule has 1 aromatic carbocycles. The Morgan fingerprint density at radius 2 is 2.03 bits per heavy atom. The fourth-order valence-electron chi connectivity index (χ4n) is 4.18. The van der Waals surface area contributed by atoms with Crippen LogP contribution in [0.2, 0.25) is 0 Å². The quantitative estimate of drug-likeness (QED) is 0.662. The number of fused-ring (bicyclic) bond motifs is 1. The number of hydrogen-bond acceptors (Lipinski definition) is 6. The third kappa shape index (κ3) is 5.08. The molecular weight excluding hydrogens is 416 g/mol. The van der Waals surface area contributed by atoms with Crippen molar-refractivity contribution in [2.45, 2.75) is 51.5 Å². The van der Waals surface area contributed by atoms with Crippen LogP contribution in [0.3, 0.4) is 0 Å². The molecule has 32 heavy (non-hydrogen) atoms. The van der Waals surface area contributed by atoms with Crippen LogP contribution in [0.5, 0.6) is 0 Å². The highest BCUT2D eigenvalue weighted by Crippen LogP contribution is 2.32. The zero-order valence-electron chi connectivity index (χ0n) is 18.5. The maximum absolute atomic E-state index is 12.9. The van der Waals surface area contributed by atoms with Crippen LogP contribution in [0.15, 0.2) is 29.1 Å². The SMILES string of the molecule is CCCc1ccc(C(=O)N2CCC3(C2)Cn2c(nn(CCOC)c2=O)CO3)cc1.O=CO. The number of benzene rings is 1. The Balaban J connectivity index is 0.000000913. The Kier molecular flexibility index (Phi) is 7.81. The molecule has 0 radical (unpaired) electrons. The standard InChI is InChI=1S/C21H28N4O4.CH2O2/c1-3-4-16-5-7-17(8-6-16)19(26)23-10-9-21(14-23)15-24-18(13-29-21)22-25(20(24)27)11-12-28-2;2-1-3/h5-8H,3-4,9-15H2,1-2H3;1H,(H,2,3). The van der Waals surface area contributed by atoms with Crippen LogP contribution in [0, 0.1) is 0 Å². The van der Waals surface area contributed by atoms with Crippen LogP contribution in [0.4, 0.5) is 0 Å². The number of nitrogens with zero attached hydrogens (tertiary/aromatic N) is 4. The van der Waals surface area contributed by atoms with E-state index in [2.05, 4.69) is 12.0 Å². The Morgan fingerprint density at radius 1 is 1.31 bits per heavy atom. The Labute approximate surface area is 186 Å². The summed E-state index contributed by atoms with van der Waals surface area (Å²) in [5, 5.41) is 11.2. The van der Waals surface area contributed by atoms with E-state index in [0.29, 0.717) is 50.6 Å². The summed E-state index contributed by atoms with van der Waals surface area (Å²) < 4.78 is 14.3. The fourth-order valence-corrected chi connectivity index (χ4v) is 4.18. The third-order valence-corrected chi connectivity index (χ3v) is 5.80. The van der Waals surface area contributed by atoms with Gasteiger partial charge in [0.1, 0.15) is 12.2 Å². The van der Waals surface area contributed by atoms with E-state index < -0.39 is 5.60 Å². The van der Waals surface area contributed by atoms with Crippen molar-refractivity contribution in [2.75, 3.05) is 26.8 Å². The lowest BCUT2D eigenvalue weighted by Crippen LogP contribution is -2.47. The van der Waals surface area contributed by atoms with Crippen molar-refractivity contribution in [2.24, 2.45) is 0 Å². The molecule has 1 fully saturated rings. The molecule has 1 saturated heterocycles. The summed E-state index contributed by atoms with van der Waals surface area (Å²) in [6.07, 6.45) is 2.81. The van der Waals surface area contributed by atoms with E-state index in [1.54, 1.807) is 11.7 Å². The average Bonchev–Trinajstić information content (AvgIpc) is 3.34. The minimum Gasteiger partial charge on any atom is -0.483 e. The second kappa shape index (κ2) is 10.6. The number of carbonyl (C=O) groups excluding carboxylic acids is 1. The molecule has 0 bridgehead atoms. The molecule has 1 amide bonds. The Morgan fingerprint density at radius 3 is 2.69 bits per heavy atom. The van der Waals surface area contributed by atoms with Crippen LogP contribution < -0.4 is 5.69 Å². The highest BCUT2D eigenvalue weighted by Gasteiger charge is 2.45. The molecule has 2 aromatic rings. The van der Waals surface area contributed by atoms with E-state index in [9.17, 15) is 9.59 Å². The van der Waals surface area contributed by atoms with Gasteiger partial charge in [-0.2, -0.15) is 5.10 Å². The second-order valence-corrected chi connectivity index (χ2v) is 8.00. The van der Waals surface area contributed by atoms with E-state index in [4.69, 9.17) is 19.4 Å². The van der Waals surface area contributed by atoms with Crippen LogP contribution in [-0.2, 0) is 40.4 Å². The number of rotatable bonds is 6. The summed E-state index contributed by atoms with van der Waals surface area (Å²) in [6, 6.07) is 7.87. The van der Waals surface area contributed by atoms with Crippen molar-refractivity contribution in [3.63, 3.8) is 0 Å². The molecular formula is C22H30N4O6. The molecule has 1 N–H and O–H groups in total. The van der Waals surface area contributed by atoms with E-state index in [1.165, 1.54) is 10.2 Å². The number of ether oxygens (including phenoxy) is 2. The second-order valence-electron chi connectivity index (χ2n) is 8.00. The third-order valence-electron chi connectivity index (χ3n) is 5.80. The van der Waals surface area contributed by atoms with Crippen molar-refractivity contribution in [1.82, 2.24) is 19.2 Å². The van der Waals surface area contributed by atoms with Gasteiger partial charge in [0, 0.05) is 19.2 Å². The maximum Gasteiger partial charge on any atom is 0.346 e. The van der Waals surface area contributed by atoms with Gasteiger partial charge in [-0.25, -0.2) is 9.48 Å². The largest absolute Gasteiger partial charge is 0.483 e. The summed E-state index contributed by atoms with van der Waals surface area (Å²) >= 11 is 0. The highest BCUT2D eigenvalue weighted by atomic mass is 16.5. The van der Waals surface area contributed by atoms with Crippen molar-refractivity contribution >= 4 is 12.4 Å². The molecule has 2 aliphatic rings. The van der Waals surface area contributed by atoms with Crippen LogP contribution in [0.1, 0.15) is 41.5 Å². The van der Waals surface area contributed by atoms with E-state index in [1.807, 2.05) is 29.2 Å². The molecule has 0 aliphatic carbocycles. The minimum absolute atomic E-state index is 0.0162. The zero-order chi connectivity index (χ0) is 23.1. The number of methoxy groups -OCH3 is 1. The monoisotopic (exact) mass is 446 g/mol. The summed E-state index contributed by atoms with van der Waals surface area (Å²) in [4.78, 5) is 35.8. The van der Waals surface area contributed by atoms with Crippen LogP contribution in [-0.4, -0.2) is 69.1 Å². The van der Waals surface area contributed by atoms with Crippen molar-refractivity contribution < 1.29 is 24.2 Å². The predicted octanol–water partition coefficient (Wildman–Crippen LogP) is 1.16. The number of carboxylic acid groups (broad SMARTS) is 1. The summed E-state index contributed by atoms with van der Waals surface area (Å²) in [5.41, 5.74) is 1.28. The van der Waals surface area contributed by atoms with Gasteiger partial charge in [-0.05, 0) is 30.5 Å². The van der Waals surface area contributed by atoms with Crippen molar-refractivity contribution in [3.05, 3.63) is 51.7 Å². The lowest BCUT2D eigenvalue weighted by molar-refractivity contribution is -0.122. The molecule has 1 spiro atoms. The Hall–Kier alpha value is -2.98. The first-order valence-corrected chi connectivity index (χ1v) is 10.7. The molecule has 2 aliphatic heterocycles. The average molecular weight is 447 g/mol. The van der Waals surface area contributed by atoms with Gasteiger partial charge in [-0.3, -0.25) is 14.2 Å². The predicted molar refractivity (Wildman–Crippen MR) is 116 cm³/mol. The first kappa shape index (κ1) is 23.7. The van der Waals surface area contributed by atoms with Gasteiger partial charge < -0.3 is 19.5 Å². The molecule has 3 heterocycles. The first-order valence-electron chi connectivity index (χ1n) is 10.7. The molecule has 10 heteroatoms. The number of hydrogen-bond donors (Lipinski definition) is 1. The number of aromatic nitrogens is 3. The number of carbonyl (C=O) groups is 2. The van der Waals surface area contributed by atoms with Crippen LogP contribution >= 0.6 is 0 Å². The van der Waals surface area contributed by atoms with Crippen molar-refractivity contribution in [3.8, 4) is 0 Å². The van der Waals surface area contributed by atoms with E-state index in [0.717, 1.165) is 12.8 Å². The number of likely N-dealkylation sites (tertiary alicyclic amines) is 1. The Bertz CT molecular complexity index is 983. The van der Waals surface area contributed by atoms with E-state index >= 15 is 0 Å². The highest BCUT2D eigenvalue weighted by molar-refractivity contribution is 5.94. The molecule has 4 rings (SSSR count). The van der Waals surface area contributed by atoms with Gasteiger partial charge in [-0.15, -0.1) is 0 Å². The summed E-state index contributed by atoms with van der Waals surface area (Å²) in [5.74, 6) is 0.649. The van der Waals surface area contributed by atoms with Gasteiger partial charge in [0.15, 0.2) is 5.82 Å². The molecule has 1 aromatic heterocycles. The molecule has 10 nitrogen and oxygen atoms in total. The van der Waals surface area contributed by atoms with Gasteiger partial charge in [-0.1, -0.05) is 25.5 Å².